The third kappa shape index (κ3) is 3.74. The maximum Gasteiger partial charge on any atom is 0.573 e. The lowest BCUT2D eigenvalue weighted by atomic mass is 10.2. The molecule has 23 heavy (non-hydrogen) atoms. The lowest BCUT2D eigenvalue weighted by molar-refractivity contribution is -0.274. The molecular formula is C16H13F3N2O2. The fraction of sp³-hybridized carbons (Fsp3) is 0.188. The number of alkyl halides is 3. The molecule has 0 radical (unpaired) electrons. The van der Waals surface area contributed by atoms with E-state index in [-0.39, 0.29) is 5.75 Å². The van der Waals surface area contributed by atoms with Crippen LogP contribution in [-0.4, -0.2) is 11.3 Å². The van der Waals surface area contributed by atoms with Crippen molar-refractivity contribution in [2.24, 2.45) is 0 Å². The number of rotatable bonds is 4. The zero-order valence-corrected chi connectivity index (χ0v) is 12.1. The van der Waals surface area contributed by atoms with Crippen molar-refractivity contribution < 1.29 is 22.3 Å². The van der Waals surface area contributed by atoms with Crippen LogP contribution < -0.4 is 10.1 Å². The van der Waals surface area contributed by atoms with Gasteiger partial charge in [-0.25, -0.2) is 4.98 Å². The van der Waals surface area contributed by atoms with Gasteiger partial charge in [-0.2, -0.15) is 0 Å². The number of nitrogens with zero attached hydrogens (tertiary/aromatic N) is 1. The molecule has 4 nitrogen and oxygen atoms in total. The molecule has 1 aromatic heterocycles. The Labute approximate surface area is 129 Å². The topological polar surface area (TPSA) is 47.3 Å². The summed E-state index contributed by atoms with van der Waals surface area (Å²) in [5, 5.41) is 3.20. The van der Waals surface area contributed by atoms with E-state index in [0.717, 1.165) is 16.8 Å². The number of anilines is 1. The largest absolute Gasteiger partial charge is 0.573 e. The van der Waals surface area contributed by atoms with Crippen LogP contribution in [0.5, 0.6) is 5.75 Å². The first kappa shape index (κ1) is 15.2. The maximum atomic E-state index is 12.1. The van der Waals surface area contributed by atoms with Gasteiger partial charge in [0.25, 0.3) is 0 Å². The standard InChI is InChI=1S/C16H13F3N2O2/c1-10-21-15-13(3-2-4-14(15)22-10)20-9-11-5-7-12(8-6-11)23-16(17,18)19/h2-8,20H,9H2,1H3. The van der Waals surface area contributed by atoms with Gasteiger partial charge in [0, 0.05) is 13.5 Å². The molecule has 0 aliphatic rings. The van der Waals surface area contributed by atoms with E-state index in [9.17, 15) is 13.2 Å². The molecule has 1 N–H and O–H groups in total. The zero-order chi connectivity index (χ0) is 16.4. The fourth-order valence-corrected chi connectivity index (χ4v) is 2.21. The summed E-state index contributed by atoms with van der Waals surface area (Å²) < 4.78 is 45.6. The van der Waals surface area contributed by atoms with E-state index in [0.29, 0.717) is 18.0 Å². The third-order valence-corrected chi connectivity index (χ3v) is 3.17. The highest BCUT2D eigenvalue weighted by Gasteiger charge is 2.30. The van der Waals surface area contributed by atoms with E-state index in [2.05, 4.69) is 15.0 Å². The summed E-state index contributed by atoms with van der Waals surface area (Å²) in [5.41, 5.74) is 3.02. The first-order valence-corrected chi connectivity index (χ1v) is 6.85. The smallest absolute Gasteiger partial charge is 0.441 e. The lowest BCUT2D eigenvalue weighted by Gasteiger charge is -2.10. The van der Waals surface area contributed by atoms with Gasteiger partial charge in [0.15, 0.2) is 11.5 Å². The highest BCUT2D eigenvalue weighted by Crippen LogP contribution is 2.25. The van der Waals surface area contributed by atoms with Crippen LogP contribution in [0.4, 0.5) is 18.9 Å². The number of nitrogens with one attached hydrogen (secondary N) is 1. The summed E-state index contributed by atoms with van der Waals surface area (Å²) in [6.07, 6.45) is -4.68. The molecule has 0 atom stereocenters. The van der Waals surface area contributed by atoms with E-state index in [1.54, 1.807) is 19.1 Å². The van der Waals surface area contributed by atoms with E-state index in [1.165, 1.54) is 12.1 Å². The van der Waals surface area contributed by atoms with Crippen molar-refractivity contribution in [1.29, 1.82) is 0 Å². The monoisotopic (exact) mass is 322 g/mol. The van der Waals surface area contributed by atoms with Crippen molar-refractivity contribution in [2.75, 3.05) is 5.32 Å². The van der Waals surface area contributed by atoms with Crippen LogP contribution in [0.25, 0.3) is 11.1 Å². The van der Waals surface area contributed by atoms with Gasteiger partial charge >= 0.3 is 6.36 Å². The van der Waals surface area contributed by atoms with Crippen LogP contribution in [0.2, 0.25) is 0 Å². The summed E-state index contributed by atoms with van der Waals surface area (Å²) >= 11 is 0. The Balaban J connectivity index is 1.70. The second kappa shape index (κ2) is 5.83. The highest BCUT2D eigenvalue weighted by molar-refractivity contribution is 5.86. The molecule has 3 aromatic rings. The first-order valence-electron chi connectivity index (χ1n) is 6.85. The summed E-state index contributed by atoms with van der Waals surface area (Å²) in [4.78, 5) is 4.31. The van der Waals surface area contributed by atoms with Gasteiger partial charge in [-0.15, -0.1) is 13.2 Å². The van der Waals surface area contributed by atoms with Gasteiger partial charge in [-0.05, 0) is 29.8 Å². The normalized spacial score (nSPS) is 11.7. The number of oxazole rings is 1. The molecule has 0 fully saturated rings. The number of halogens is 3. The molecule has 0 unspecified atom stereocenters. The third-order valence-electron chi connectivity index (χ3n) is 3.17. The van der Waals surface area contributed by atoms with E-state index in [1.807, 2.05) is 18.2 Å². The van der Waals surface area contributed by atoms with Gasteiger partial charge in [0.1, 0.15) is 11.3 Å². The predicted molar refractivity (Wildman–Crippen MR) is 79.2 cm³/mol. The van der Waals surface area contributed by atoms with Crippen LogP contribution in [0.3, 0.4) is 0 Å². The zero-order valence-electron chi connectivity index (χ0n) is 12.1. The number of aromatic nitrogens is 1. The second-order valence-electron chi connectivity index (χ2n) is 4.93. The Morgan fingerprint density at radius 2 is 1.87 bits per heavy atom. The Kier molecular flexibility index (Phi) is 3.85. The number of ether oxygens (including phenoxy) is 1. The minimum absolute atomic E-state index is 0.240. The van der Waals surface area contributed by atoms with Crippen molar-refractivity contribution in [3.63, 3.8) is 0 Å². The lowest BCUT2D eigenvalue weighted by Crippen LogP contribution is -2.17. The second-order valence-corrected chi connectivity index (χ2v) is 4.93. The van der Waals surface area contributed by atoms with E-state index in [4.69, 9.17) is 4.42 Å². The molecule has 2 aromatic carbocycles. The highest BCUT2D eigenvalue weighted by atomic mass is 19.4. The van der Waals surface area contributed by atoms with E-state index < -0.39 is 6.36 Å². The molecule has 7 heteroatoms. The van der Waals surface area contributed by atoms with Crippen molar-refractivity contribution >= 4 is 16.8 Å². The molecule has 0 saturated carbocycles. The first-order chi connectivity index (χ1) is 10.9. The number of aryl methyl sites for hydroxylation is 1. The van der Waals surface area contributed by atoms with Crippen molar-refractivity contribution in [3.05, 3.63) is 53.9 Å². The molecule has 0 aliphatic heterocycles. The Morgan fingerprint density at radius 1 is 1.13 bits per heavy atom. The Morgan fingerprint density at radius 3 is 2.57 bits per heavy atom. The molecule has 0 spiro atoms. The van der Waals surface area contributed by atoms with Crippen LogP contribution >= 0.6 is 0 Å². The van der Waals surface area contributed by atoms with Crippen LogP contribution in [0, 0.1) is 6.92 Å². The molecule has 0 aliphatic carbocycles. The Bertz CT molecular complexity index is 810. The minimum atomic E-state index is -4.68. The average molecular weight is 322 g/mol. The molecule has 3 rings (SSSR count). The summed E-state index contributed by atoms with van der Waals surface area (Å²) in [5.74, 6) is 0.332. The number of benzene rings is 2. The van der Waals surface area contributed by atoms with Gasteiger partial charge in [-0.3, -0.25) is 0 Å². The number of hydrogen-bond donors (Lipinski definition) is 1. The van der Waals surface area contributed by atoms with Gasteiger partial charge in [-0.1, -0.05) is 18.2 Å². The number of para-hydroxylation sites is 1. The van der Waals surface area contributed by atoms with Crippen molar-refractivity contribution in [3.8, 4) is 5.75 Å². The average Bonchev–Trinajstić information content (AvgIpc) is 2.85. The summed E-state index contributed by atoms with van der Waals surface area (Å²) in [6, 6.07) is 11.2. The molecule has 0 saturated heterocycles. The summed E-state index contributed by atoms with van der Waals surface area (Å²) in [7, 11) is 0. The Hall–Kier alpha value is -2.70. The van der Waals surface area contributed by atoms with Gasteiger partial charge < -0.3 is 14.5 Å². The fourth-order valence-electron chi connectivity index (χ4n) is 2.21. The van der Waals surface area contributed by atoms with Crippen molar-refractivity contribution in [1.82, 2.24) is 4.98 Å². The molecular weight excluding hydrogens is 309 g/mol. The van der Waals surface area contributed by atoms with Crippen LogP contribution in [0.15, 0.2) is 46.9 Å². The number of hydrogen-bond acceptors (Lipinski definition) is 4. The molecule has 0 bridgehead atoms. The minimum Gasteiger partial charge on any atom is -0.441 e. The van der Waals surface area contributed by atoms with E-state index >= 15 is 0 Å². The van der Waals surface area contributed by atoms with Crippen LogP contribution in [0.1, 0.15) is 11.5 Å². The molecule has 0 amide bonds. The van der Waals surface area contributed by atoms with Crippen LogP contribution in [-0.2, 0) is 6.54 Å². The van der Waals surface area contributed by atoms with Crippen molar-refractivity contribution in [2.45, 2.75) is 19.8 Å². The quantitative estimate of drug-likeness (QED) is 0.760. The van der Waals surface area contributed by atoms with Gasteiger partial charge in [0.2, 0.25) is 0 Å². The summed E-state index contributed by atoms with van der Waals surface area (Å²) in [6.45, 7) is 2.21. The molecule has 1 heterocycles. The SMILES string of the molecule is Cc1nc2c(NCc3ccc(OC(F)(F)F)cc3)cccc2o1. The molecule has 120 valence electrons. The predicted octanol–water partition coefficient (Wildman–Crippen LogP) is 4.65. The maximum absolute atomic E-state index is 12.1. The van der Waals surface area contributed by atoms with Gasteiger partial charge in [0.05, 0.1) is 5.69 Å². The number of fused-ring (bicyclic) bond motifs is 1.